The molecule has 2 rings (SSSR count). The summed E-state index contributed by atoms with van der Waals surface area (Å²) in [6.07, 6.45) is 1.49. The lowest BCUT2D eigenvalue weighted by Gasteiger charge is -2.28. The van der Waals surface area contributed by atoms with Gasteiger partial charge in [-0.05, 0) is 25.7 Å². The maximum atomic E-state index is 12.3. The van der Waals surface area contributed by atoms with Crippen LogP contribution >= 0.6 is 0 Å². The Hall–Kier alpha value is -0.180. The minimum atomic E-state index is -2.10. The third-order valence-corrected chi connectivity index (χ3v) is 2.87. The van der Waals surface area contributed by atoms with Gasteiger partial charge in [0.1, 0.15) is 0 Å². The molecule has 64 valence electrons. The summed E-state index contributed by atoms with van der Waals surface area (Å²) in [6, 6.07) is 0.792. The molecule has 0 amide bonds. The lowest BCUT2D eigenvalue weighted by molar-refractivity contribution is 0.0486. The zero-order chi connectivity index (χ0) is 7.84. The first-order chi connectivity index (χ1) is 5.25. The van der Waals surface area contributed by atoms with Crippen molar-refractivity contribution in [2.45, 2.75) is 44.2 Å². The van der Waals surface area contributed by atoms with Crippen molar-refractivity contribution in [3.8, 4) is 0 Å². The highest BCUT2D eigenvalue weighted by Crippen LogP contribution is 2.33. The molecule has 2 aliphatic rings. The summed E-state index contributed by atoms with van der Waals surface area (Å²) < 4.78 is 24.5. The Balaban J connectivity index is 1.97. The standard InChI is InChI=1S/C8H13F2N/c9-8(10)5-3-6-1-2-7(4-5)11-6/h5-8,11H,1-4H2. The number of rotatable bonds is 1. The summed E-state index contributed by atoms with van der Waals surface area (Å²) >= 11 is 0. The molecule has 2 atom stereocenters. The van der Waals surface area contributed by atoms with Gasteiger partial charge in [0.15, 0.2) is 0 Å². The third-order valence-electron chi connectivity index (χ3n) is 2.87. The molecule has 0 aromatic rings. The fraction of sp³-hybridized carbons (Fsp3) is 1.00. The zero-order valence-electron chi connectivity index (χ0n) is 6.39. The summed E-state index contributed by atoms with van der Waals surface area (Å²) in [5.74, 6) is -0.325. The van der Waals surface area contributed by atoms with Gasteiger partial charge in [0, 0.05) is 18.0 Å². The van der Waals surface area contributed by atoms with Crippen molar-refractivity contribution in [1.29, 1.82) is 0 Å². The minimum Gasteiger partial charge on any atom is -0.311 e. The molecule has 0 aliphatic carbocycles. The summed E-state index contributed by atoms with van der Waals surface area (Å²) in [7, 11) is 0. The first-order valence-corrected chi connectivity index (χ1v) is 4.30. The molecule has 2 heterocycles. The van der Waals surface area contributed by atoms with Crippen LogP contribution in [0.3, 0.4) is 0 Å². The molecule has 1 N–H and O–H groups in total. The molecule has 0 radical (unpaired) electrons. The summed E-state index contributed by atoms with van der Waals surface area (Å²) in [4.78, 5) is 0. The predicted molar refractivity (Wildman–Crippen MR) is 38.7 cm³/mol. The number of nitrogens with one attached hydrogen (secondary N) is 1. The average molecular weight is 161 g/mol. The maximum absolute atomic E-state index is 12.3. The van der Waals surface area contributed by atoms with Gasteiger partial charge in [0.25, 0.3) is 0 Å². The number of hydrogen-bond donors (Lipinski definition) is 1. The summed E-state index contributed by atoms with van der Waals surface area (Å²) in [5, 5.41) is 3.34. The Morgan fingerprint density at radius 2 is 1.64 bits per heavy atom. The Bertz CT molecular complexity index is 137. The van der Waals surface area contributed by atoms with Crippen LogP contribution in [0.25, 0.3) is 0 Å². The van der Waals surface area contributed by atoms with E-state index in [2.05, 4.69) is 5.32 Å². The monoisotopic (exact) mass is 161 g/mol. The van der Waals surface area contributed by atoms with E-state index < -0.39 is 6.43 Å². The van der Waals surface area contributed by atoms with Crippen LogP contribution in [0.5, 0.6) is 0 Å². The smallest absolute Gasteiger partial charge is 0.241 e. The molecule has 2 saturated heterocycles. The quantitative estimate of drug-likeness (QED) is 0.618. The molecule has 2 aliphatic heterocycles. The Morgan fingerprint density at radius 3 is 2.09 bits per heavy atom. The van der Waals surface area contributed by atoms with E-state index in [9.17, 15) is 8.78 Å². The van der Waals surface area contributed by atoms with Crippen molar-refractivity contribution in [3.05, 3.63) is 0 Å². The highest BCUT2D eigenvalue weighted by molar-refractivity contribution is 4.92. The molecule has 2 unspecified atom stereocenters. The largest absolute Gasteiger partial charge is 0.311 e. The van der Waals surface area contributed by atoms with Gasteiger partial charge in [0.05, 0.1) is 0 Å². The van der Waals surface area contributed by atoms with Gasteiger partial charge in [0.2, 0.25) is 6.43 Å². The normalized spacial score (nSPS) is 43.4. The van der Waals surface area contributed by atoms with E-state index in [-0.39, 0.29) is 5.92 Å². The maximum Gasteiger partial charge on any atom is 0.241 e. The van der Waals surface area contributed by atoms with Crippen LogP contribution in [-0.4, -0.2) is 18.5 Å². The minimum absolute atomic E-state index is 0.325. The molecule has 0 saturated carbocycles. The molecule has 2 bridgehead atoms. The first-order valence-electron chi connectivity index (χ1n) is 4.30. The Kier molecular flexibility index (Phi) is 1.83. The second-order valence-electron chi connectivity index (χ2n) is 3.70. The van der Waals surface area contributed by atoms with Gasteiger partial charge in [-0.15, -0.1) is 0 Å². The molecular weight excluding hydrogens is 148 g/mol. The fourth-order valence-corrected chi connectivity index (χ4v) is 2.31. The topological polar surface area (TPSA) is 12.0 Å². The summed E-state index contributed by atoms with van der Waals surface area (Å²) in [6.45, 7) is 0. The van der Waals surface area contributed by atoms with Gasteiger partial charge >= 0.3 is 0 Å². The average Bonchev–Trinajstić information content (AvgIpc) is 2.30. The van der Waals surface area contributed by atoms with Crippen molar-refractivity contribution in [2.24, 2.45) is 5.92 Å². The molecule has 11 heavy (non-hydrogen) atoms. The lowest BCUT2D eigenvalue weighted by atomic mass is 9.93. The summed E-state index contributed by atoms with van der Waals surface area (Å²) in [5.41, 5.74) is 0. The molecule has 3 heteroatoms. The molecule has 0 aromatic carbocycles. The Labute approximate surface area is 65.2 Å². The second kappa shape index (κ2) is 2.70. The molecule has 2 fully saturated rings. The van der Waals surface area contributed by atoms with E-state index in [4.69, 9.17) is 0 Å². The number of fused-ring (bicyclic) bond motifs is 2. The molecule has 1 nitrogen and oxygen atoms in total. The van der Waals surface area contributed by atoms with Crippen molar-refractivity contribution in [1.82, 2.24) is 5.32 Å². The first kappa shape index (κ1) is 7.47. The van der Waals surface area contributed by atoms with Gasteiger partial charge in [-0.2, -0.15) is 0 Å². The zero-order valence-corrected chi connectivity index (χ0v) is 6.39. The highest BCUT2D eigenvalue weighted by Gasteiger charge is 2.37. The van der Waals surface area contributed by atoms with Gasteiger partial charge in [-0.25, -0.2) is 8.78 Å². The third kappa shape index (κ3) is 1.39. The van der Waals surface area contributed by atoms with Crippen molar-refractivity contribution < 1.29 is 8.78 Å². The van der Waals surface area contributed by atoms with Crippen LogP contribution < -0.4 is 5.32 Å². The molecular formula is C8H13F2N. The second-order valence-corrected chi connectivity index (χ2v) is 3.70. The number of alkyl halides is 2. The Morgan fingerprint density at radius 1 is 1.09 bits per heavy atom. The van der Waals surface area contributed by atoms with E-state index in [0.29, 0.717) is 24.9 Å². The number of halogens is 2. The number of piperidine rings is 1. The van der Waals surface area contributed by atoms with E-state index in [0.717, 1.165) is 12.8 Å². The van der Waals surface area contributed by atoms with Crippen molar-refractivity contribution >= 4 is 0 Å². The van der Waals surface area contributed by atoms with Crippen LogP contribution in [0.1, 0.15) is 25.7 Å². The SMILES string of the molecule is FC(F)C1CC2CCC(C1)N2. The highest BCUT2D eigenvalue weighted by atomic mass is 19.3. The fourth-order valence-electron chi connectivity index (χ4n) is 2.31. The van der Waals surface area contributed by atoms with E-state index >= 15 is 0 Å². The van der Waals surface area contributed by atoms with Crippen LogP contribution in [0, 0.1) is 5.92 Å². The van der Waals surface area contributed by atoms with Gasteiger partial charge in [-0.3, -0.25) is 0 Å². The van der Waals surface area contributed by atoms with Crippen molar-refractivity contribution in [3.63, 3.8) is 0 Å². The van der Waals surface area contributed by atoms with E-state index in [1.54, 1.807) is 0 Å². The molecule has 0 spiro atoms. The van der Waals surface area contributed by atoms with Crippen LogP contribution in [0.2, 0.25) is 0 Å². The van der Waals surface area contributed by atoms with Crippen LogP contribution in [0.4, 0.5) is 8.78 Å². The van der Waals surface area contributed by atoms with Gasteiger partial charge < -0.3 is 5.32 Å². The predicted octanol–water partition coefficient (Wildman–Crippen LogP) is 1.78. The van der Waals surface area contributed by atoms with E-state index in [1.807, 2.05) is 0 Å². The van der Waals surface area contributed by atoms with Crippen molar-refractivity contribution in [2.75, 3.05) is 0 Å². The van der Waals surface area contributed by atoms with Crippen LogP contribution in [0.15, 0.2) is 0 Å². The van der Waals surface area contributed by atoms with Gasteiger partial charge in [-0.1, -0.05) is 0 Å². The molecule has 0 aromatic heterocycles. The van der Waals surface area contributed by atoms with E-state index in [1.165, 1.54) is 0 Å². The lowest BCUT2D eigenvalue weighted by Crippen LogP contribution is -2.40. The number of hydrogen-bond acceptors (Lipinski definition) is 1. The van der Waals surface area contributed by atoms with Crippen LogP contribution in [-0.2, 0) is 0 Å².